The van der Waals surface area contributed by atoms with Gasteiger partial charge in [0, 0.05) is 13.1 Å². The number of rotatable bonds is 7. The van der Waals surface area contributed by atoms with Crippen LogP contribution in [0.2, 0.25) is 0 Å². The van der Waals surface area contributed by atoms with E-state index >= 15 is 0 Å². The zero-order valence-electron chi connectivity index (χ0n) is 12.0. The Balaban J connectivity index is 1.64. The van der Waals surface area contributed by atoms with E-state index in [1.807, 2.05) is 18.2 Å². The van der Waals surface area contributed by atoms with Crippen molar-refractivity contribution >= 4 is 33.2 Å². The fourth-order valence-corrected chi connectivity index (χ4v) is 3.35. The summed E-state index contributed by atoms with van der Waals surface area (Å²) >= 11 is 4.82. The summed E-state index contributed by atoms with van der Waals surface area (Å²) in [7, 11) is 2.10. The molecule has 0 aliphatic heterocycles. The van der Waals surface area contributed by atoms with E-state index in [0.717, 1.165) is 28.2 Å². The normalized spacial score (nSPS) is 10.8. The van der Waals surface area contributed by atoms with Gasteiger partial charge in [-0.15, -0.1) is 11.3 Å². The zero-order valence-corrected chi connectivity index (χ0v) is 14.4. The Hall–Kier alpha value is -1.17. The van der Waals surface area contributed by atoms with E-state index in [9.17, 15) is 4.79 Å². The lowest BCUT2D eigenvalue weighted by Crippen LogP contribution is -2.27. The molecule has 0 aliphatic rings. The minimum atomic E-state index is 0.0106. The summed E-state index contributed by atoms with van der Waals surface area (Å²) in [4.78, 5) is 14.9. The highest BCUT2D eigenvalue weighted by Gasteiger charge is 2.07. The van der Waals surface area contributed by atoms with Crippen LogP contribution in [0.5, 0.6) is 0 Å². The molecule has 21 heavy (non-hydrogen) atoms. The number of halogens is 1. The van der Waals surface area contributed by atoms with Gasteiger partial charge < -0.3 is 10.2 Å². The average molecular weight is 367 g/mol. The molecular formula is C16H19BrN2OS. The van der Waals surface area contributed by atoms with Gasteiger partial charge in [-0.2, -0.15) is 0 Å². The number of hydrogen-bond acceptors (Lipinski definition) is 3. The highest BCUT2D eigenvalue weighted by molar-refractivity contribution is 9.11. The zero-order chi connectivity index (χ0) is 15.1. The maximum Gasteiger partial charge on any atom is 0.261 e. The van der Waals surface area contributed by atoms with Gasteiger partial charge in [0.1, 0.15) is 0 Å². The molecule has 1 N–H and O–H groups in total. The molecule has 0 saturated carbocycles. The second-order valence-electron chi connectivity index (χ2n) is 4.94. The molecule has 1 aromatic heterocycles. The fourth-order valence-electron chi connectivity index (χ4n) is 2.05. The maximum absolute atomic E-state index is 11.9. The Labute approximate surface area is 138 Å². The van der Waals surface area contributed by atoms with Gasteiger partial charge in [0.05, 0.1) is 8.66 Å². The highest BCUT2D eigenvalue weighted by atomic mass is 79.9. The van der Waals surface area contributed by atoms with Gasteiger partial charge in [-0.1, -0.05) is 30.3 Å². The molecule has 0 atom stereocenters. The SMILES string of the molecule is CN(CCCNC(=O)c1ccc(Br)s1)Cc1ccccc1. The van der Waals surface area contributed by atoms with Crippen molar-refractivity contribution in [2.45, 2.75) is 13.0 Å². The van der Waals surface area contributed by atoms with Gasteiger partial charge in [-0.25, -0.2) is 0 Å². The van der Waals surface area contributed by atoms with Crippen molar-refractivity contribution in [3.05, 3.63) is 56.7 Å². The maximum atomic E-state index is 11.9. The summed E-state index contributed by atoms with van der Waals surface area (Å²) in [6.45, 7) is 2.60. The van der Waals surface area contributed by atoms with Gasteiger partial charge in [-0.05, 0) is 53.6 Å². The Morgan fingerprint density at radius 2 is 2.00 bits per heavy atom. The summed E-state index contributed by atoms with van der Waals surface area (Å²) in [5.74, 6) is 0.0106. The molecule has 1 aromatic carbocycles. The van der Waals surface area contributed by atoms with Crippen LogP contribution in [0.3, 0.4) is 0 Å². The molecule has 2 aromatic rings. The summed E-state index contributed by atoms with van der Waals surface area (Å²) in [6.07, 6.45) is 0.946. The summed E-state index contributed by atoms with van der Waals surface area (Å²) in [5.41, 5.74) is 1.31. The number of carbonyl (C=O) groups is 1. The van der Waals surface area contributed by atoms with Gasteiger partial charge in [-0.3, -0.25) is 4.79 Å². The van der Waals surface area contributed by atoms with Crippen LogP contribution in [-0.4, -0.2) is 30.9 Å². The molecule has 0 bridgehead atoms. The third kappa shape index (κ3) is 5.61. The number of thiophene rings is 1. The van der Waals surface area contributed by atoms with Crippen molar-refractivity contribution in [3.8, 4) is 0 Å². The molecule has 0 aliphatic carbocycles. The number of nitrogens with zero attached hydrogens (tertiary/aromatic N) is 1. The lowest BCUT2D eigenvalue weighted by Gasteiger charge is -2.16. The molecule has 0 unspecified atom stereocenters. The van der Waals surface area contributed by atoms with Crippen LogP contribution in [0.15, 0.2) is 46.3 Å². The minimum Gasteiger partial charge on any atom is -0.351 e. The molecule has 0 spiro atoms. The van der Waals surface area contributed by atoms with E-state index in [4.69, 9.17) is 0 Å². The van der Waals surface area contributed by atoms with Crippen LogP contribution < -0.4 is 5.32 Å². The van der Waals surface area contributed by atoms with Gasteiger partial charge in [0.15, 0.2) is 0 Å². The second kappa shape index (κ2) is 8.32. The fraction of sp³-hybridized carbons (Fsp3) is 0.312. The predicted molar refractivity (Wildman–Crippen MR) is 91.7 cm³/mol. The summed E-state index contributed by atoms with van der Waals surface area (Å²) in [5, 5.41) is 2.96. The minimum absolute atomic E-state index is 0.0106. The Morgan fingerprint density at radius 1 is 1.24 bits per heavy atom. The predicted octanol–water partition coefficient (Wildman–Crippen LogP) is 3.76. The van der Waals surface area contributed by atoms with Crippen molar-refractivity contribution in [2.75, 3.05) is 20.1 Å². The van der Waals surface area contributed by atoms with Crippen LogP contribution in [-0.2, 0) is 6.54 Å². The third-order valence-electron chi connectivity index (χ3n) is 3.09. The van der Waals surface area contributed by atoms with Crippen molar-refractivity contribution in [1.82, 2.24) is 10.2 Å². The number of carbonyl (C=O) groups excluding carboxylic acids is 1. The molecule has 5 heteroatoms. The molecule has 3 nitrogen and oxygen atoms in total. The molecule has 112 valence electrons. The van der Waals surface area contributed by atoms with Crippen molar-refractivity contribution in [2.24, 2.45) is 0 Å². The van der Waals surface area contributed by atoms with Crippen LogP contribution in [0.25, 0.3) is 0 Å². The summed E-state index contributed by atoms with van der Waals surface area (Å²) in [6, 6.07) is 14.1. The molecular weight excluding hydrogens is 348 g/mol. The van der Waals surface area contributed by atoms with E-state index < -0.39 is 0 Å². The van der Waals surface area contributed by atoms with Crippen LogP contribution in [0.1, 0.15) is 21.7 Å². The molecule has 1 amide bonds. The number of amides is 1. The van der Waals surface area contributed by atoms with Crippen LogP contribution in [0.4, 0.5) is 0 Å². The molecule has 1 heterocycles. The first-order valence-electron chi connectivity index (χ1n) is 6.91. The lowest BCUT2D eigenvalue weighted by molar-refractivity contribution is 0.0956. The number of benzene rings is 1. The van der Waals surface area contributed by atoms with Crippen LogP contribution >= 0.6 is 27.3 Å². The highest BCUT2D eigenvalue weighted by Crippen LogP contribution is 2.21. The first-order chi connectivity index (χ1) is 10.1. The lowest BCUT2D eigenvalue weighted by atomic mass is 10.2. The first kappa shape index (κ1) is 16.2. The number of nitrogens with one attached hydrogen (secondary N) is 1. The standard InChI is InChI=1S/C16H19BrN2OS/c1-19(12-13-6-3-2-4-7-13)11-5-10-18-16(20)14-8-9-15(17)21-14/h2-4,6-9H,5,10-12H2,1H3,(H,18,20). The molecule has 0 fully saturated rings. The van der Waals surface area contributed by atoms with Crippen molar-refractivity contribution in [3.63, 3.8) is 0 Å². The Kier molecular flexibility index (Phi) is 6.42. The van der Waals surface area contributed by atoms with E-state index in [1.54, 1.807) is 0 Å². The third-order valence-corrected chi connectivity index (χ3v) is 4.72. The molecule has 0 radical (unpaired) electrons. The van der Waals surface area contributed by atoms with Crippen molar-refractivity contribution < 1.29 is 4.79 Å². The van der Waals surface area contributed by atoms with Gasteiger partial charge in [0.2, 0.25) is 0 Å². The smallest absolute Gasteiger partial charge is 0.261 e. The number of hydrogen-bond donors (Lipinski definition) is 1. The van der Waals surface area contributed by atoms with E-state index in [2.05, 4.69) is 57.5 Å². The van der Waals surface area contributed by atoms with E-state index in [1.165, 1.54) is 16.9 Å². The van der Waals surface area contributed by atoms with Gasteiger partial charge >= 0.3 is 0 Å². The molecule has 2 rings (SSSR count). The second-order valence-corrected chi connectivity index (χ2v) is 7.40. The summed E-state index contributed by atoms with van der Waals surface area (Å²) < 4.78 is 0.982. The average Bonchev–Trinajstić information content (AvgIpc) is 2.91. The molecule has 0 saturated heterocycles. The largest absolute Gasteiger partial charge is 0.351 e. The quantitative estimate of drug-likeness (QED) is 0.756. The monoisotopic (exact) mass is 366 g/mol. The first-order valence-corrected chi connectivity index (χ1v) is 8.52. The van der Waals surface area contributed by atoms with Crippen LogP contribution in [0, 0.1) is 0 Å². The van der Waals surface area contributed by atoms with E-state index in [-0.39, 0.29) is 5.91 Å². The Morgan fingerprint density at radius 3 is 2.67 bits per heavy atom. The topological polar surface area (TPSA) is 32.3 Å². The van der Waals surface area contributed by atoms with Crippen molar-refractivity contribution in [1.29, 1.82) is 0 Å². The Bertz CT molecular complexity index is 571. The van der Waals surface area contributed by atoms with E-state index in [0.29, 0.717) is 6.54 Å². The van der Waals surface area contributed by atoms with Gasteiger partial charge in [0.25, 0.3) is 5.91 Å².